The maximum Gasteiger partial charge on any atom is 0.272 e. The number of rotatable bonds is 11. The second-order valence-electron chi connectivity index (χ2n) is 9.54. The van der Waals surface area contributed by atoms with Crippen LogP contribution in [-0.2, 0) is 13.1 Å². The Morgan fingerprint density at radius 3 is 2.46 bits per heavy atom. The number of aromatic nitrogens is 3. The molecule has 0 atom stereocenters. The van der Waals surface area contributed by atoms with Crippen molar-refractivity contribution in [3.05, 3.63) is 101 Å². The summed E-state index contributed by atoms with van der Waals surface area (Å²) in [5, 5.41) is 12.8. The molecule has 41 heavy (non-hydrogen) atoms. The number of likely N-dealkylation sites (tertiary alicyclic amines) is 1. The standard InChI is InChI=1S/C29H27F4N7O/c1-2-41-20-11-23(30)22(24(31)12-20)14-36-25-6-4-3-5-21(25)26(34)28-37-13-18(15-40-16-29(32,33)17-40)27(39-28)38-19-7-9-35-10-8-19/h3-13,34,36H,2,14-17H2,1H3,(H,35,37,38,39)/p+1. The largest absolute Gasteiger partial charge is 0.494 e. The van der Waals surface area contributed by atoms with Crippen LogP contribution in [0, 0.1) is 11.6 Å². The van der Waals surface area contributed by atoms with E-state index in [9.17, 15) is 17.6 Å². The molecule has 1 aliphatic rings. The number of nitrogens with one attached hydrogen (secondary N) is 2. The first-order chi connectivity index (χ1) is 19.7. The van der Waals surface area contributed by atoms with Gasteiger partial charge in [-0.1, -0.05) is 12.1 Å². The van der Waals surface area contributed by atoms with Crippen LogP contribution in [0.25, 0.3) is 0 Å². The third kappa shape index (κ3) is 6.60. The van der Waals surface area contributed by atoms with Crippen LogP contribution in [0.2, 0.25) is 0 Å². The van der Waals surface area contributed by atoms with Crippen LogP contribution in [0.3, 0.4) is 0 Å². The van der Waals surface area contributed by atoms with Crippen LogP contribution >= 0.6 is 0 Å². The molecule has 0 unspecified atom stereocenters. The summed E-state index contributed by atoms with van der Waals surface area (Å²) < 4.78 is 61.3. The summed E-state index contributed by atoms with van der Waals surface area (Å²) in [4.78, 5) is 14.6. The number of anilines is 3. The third-order valence-corrected chi connectivity index (χ3v) is 6.45. The smallest absolute Gasteiger partial charge is 0.272 e. The molecule has 4 N–H and O–H groups in total. The molecule has 0 saturated carbocycles. The number of hydrogen-bond acceptors (Lipinski definition) is 7. The van der Waals surface area contributed by atoms with Crippen molar-refractivity contribution in [3.8, 4) is 5.75 Å². The van der Waals surface area contributed by atoms with E-state index >= 15 is 0 Å². The van der Waals surface area contributed by atoms with Crippen LogP contribution in [-0.4, -0.2) is 51.2 Å². The van der Waals surface area contributed by atoms with Gasteiger partial charge in [-0.05, 0) is 31.2 Å². The molecule has 1 fully saturated rings. The predicted molar refractivity (Wildman–Crippen MR) is 146 cm³/mol. The number of para-hydroxylation sites is 1. The average molecular weight is 567 g/mol. The van der Waals surface area contributed by atoms with Crippen molar-refractivity contribution in [1.29, 1.82) is 0 Å². The number of alkyl halides is 2. The number of benzene rings is 2. The Morgan fingerprint density at radius 2 is 1.78 bits per heavy atom. The molecule has 2 aromatic heterocycles. The van der Waals surface area contributed by atoms with E-state index in [2.05, 4.69) is 25.6 Å². The molecule has 212 valence electrons. The first-order valence-corrected chi connectivity index (χ1v) is 12.9. The quantitative estimate of drug-likeness (QED) is 0.187. The first-order valence-electron chi connectivity index (χ1n) is 12.9. The number of nitrogens with zero attached hydrogens (tertiary/aromatic N) is 4. The molecule has 1 aliphatic heterocycles. The van der Waals surface area contributed by atoms with Gasteiger partial charge in [0.05, 0.1) is 25.3 Å². The Kier molecular flexibility index (Phi) is 8.11. The van der Waals surface area contributed by atoms with Crippen LogP contribution in [0.5, 0.6) is 5.75 Å². The second kappa shape index (κ2) is 11.9. The number of halogens is 4. The summed E-state index contributed by atoms with van der Waals surface area (Å²) in [5.74, 6) is -3.47. The zero-order valence-corrected chi connectivity index (χ0v) is 22.2. The van der Waals surface area contributed by atoms with Gasteiger partial charge in [-0.2, -0.15) is 0 Å². The number of ether oxygens (including phenoxy) is 1. The zero-order valence-electron chi connectivity index (χ0n) is 22.2. The summed E-state index contributed by atoms with van der Waals surface area (Å²) in [6, 6.07) is 12.8. The molecule has 0 amide bonds. The van der Waals surface area contributed by atoms with Gasteiger partial charge in [0.2, 0.25) is 5.82 Å². The molecule has 0 bridgehead atoms. The molecule has 2 aromatic carbocycles. The van der Waals surface area contributed by atoms with Crippen LogP contribution in [0.4, 0.5) is 34.8 Å². The molecule has 1 saturated heterocycles. The molecule has 12 heteroatoms. The summed E-state index contributed by atoms with van der Waals surface area (Å²) >= 11 is 0. The maximum absolute atomic E-state index is 14.6. The highest BCUT2D eigenvalue weighted by Gasteiger charge is 2.43. The number of hydrogen-bond donors (Lipinski definition) is 3. The van der Waals surface area contributed by atoms with E-state index in [-0.39, 0.29) is 55.6 Å². The fraction of sp³-hybridized carbons (Fsp3) is 0.241. The first kappa shape index (κ1) is 28.0. The van der Waals surface area contributed by atoms with E-state index in [1.54, 1.807) is 66.8 Å². The topological polar surface area (TPSA) is 101 Å². The van der Waals surface area contributed by atoms with Gasteiger partial charge >= 0.3 is 0 Å². The van der Waals surface area contributed by atoms with Gasteiger partial charge in [0, 0.05) is 66.3 Å². The van der Waals surface area contributed by atoms with E-state index in [1.165, 1.54) is 0 Å². The fourth-order valence-electron chi connectivity index (χ4n) is 4.47. The normalized spacial score (nSPS) is 14.3. The van der Waals surface area contributed by atoms with Crippen molar-refractivity contribution in [2.75, 3.05) is 30.3 Å². The van der Waals surface area contributed by atoms with Gasteiger partial charge < -0.3 is 15.4 Å². The molecule has 0 radical (unpaired) electrons. The molecule has 8 nitrogen and oxygen atoms in total. The Bertz CT molecular complexity index is 1520. The van der Waals surface area contributed by atoms with E-state index in [0.29, 0.717) is 28.3 Å². The molecular formula is C29H28F4N7O+. The summed E-state index contributed by atoms with van der Waals surface area (Å²) in [6.07, 6.45) is 4.77. The summed E-state index contributed by atoms with van der Waals surface area (Å²) in [6.45, 7) is 1.41. The highest BCUT2D eigenvalue weighted by molar-refractivity contribution is 6.10. The lowest BCUT2D eigenvalue weighted by atomic mass is 10.1. The summed E-state index contributed by atoms with van der Waals surface area (Å²) in [5.41, 5.74) is 2.39. The van der Waals surface area contributed by atoms with E-state index < -0.39 is 17.6 Å². The summed E-state index contributed by atoms with van der Waals surface area (Å²) in [7, 11) is 0. The third-order valence-electron chi connectivity index (χ3n) is 6.45. The fourth-order valence-corrected chi connectivity index (χ4v) is 4.47. The monoisotopic (exact) mass is 566 g/mol. The average Bonchev–Trinajstić information content (AvgIpc) is 2.93. The van der Waals surface area contributed by atoms with Crippen LogP contribution in [0.1, 0.15) is 29.4 Å². The van der Waals surface area contributed by atoms with E-state index in [0.717, 1.165) is 12.1 Å². The molecule has 0 spiro atoms. The predicted octanol–water partition coefficient (Wildman–Crippen LogP) is 3.95. The van der Waals surface area contributed by atoms with Crippen molar-refractivity contribution < 1.29 is 27.7 Å². The van der Waals surface area contributed by atoms with Crippen molar-refractivity contribution in [3.63, 3.8) is 0 Å². The molecular weight excluding hydrogens is 538 g/mol. The van der Waals surface area contributed by atoms with Gasteiger partial charge in [0.25, 0.3) is 11.6 Å². The minimum Gasteiger partial charge on any atom is -0.494 e. The van der Waals surface area contributed by atoms with Gasteiger partial charge in [-0.15, -0.1) is 0 Å². The second-order valence-corrected chi connectivity index (χ2v) is 9.54. The number of pyridine rings is 1. The van der Waals surface area contributed by atoms with Crippen molar-refractivity contribution in [2.45, 2.75) is 25.9 Å². The zero-order chi connectivity index (χ0) is 29.0. The van der Waals surface area contributed by atoms with Crippen LogP contribution < -0.4 is 20.8 Å². The SMILES string of the molecule is CCOc1cc(F)c(CNc2ccccc2C(=[NH2+])c2ncc(CN3CC(F)(F)C3)c(Nc3ccncc3)n2)c(F)c1. The molecule has 4 aromatic rings. The van der Waals surface area contributed by atoms with Gasteiger partial charge in [-0.3, -0.25) is 15.3 Å². The minimum absolute atomic E-state index is 0.115. The van der Waals surface area contributed by atoms with Gasteiger partial charge in [0.1, 0.15) is 23.2 Å². The van der Waals surface area contributed by atoms with Crippen molar-refractivity contribution in [2.24, 2.45) is 0 Å². The highest BCUT2D eigenvalue weighted by Crippen LogP contribution is 2.30. The Hall–Kier alpha value is -4.58. The number of nitrogens with two attached hydrogens (primary N) is 1. The van der Waals surface area contributed by atoms with Crippen molar-refractivity contribution in [1.82, 2.24) is 19.9 Å². The lowest BCUT2D eigenvalue weighted by Crippen LogP contribution is -2.55. The van der Waals surface area contributed by atoms with Gasteiger partial charge in [0.15, 0.2) is 0 Å². The van der Waals surface area contributed by atoms with E-state index in [4.69, 9.17) is 10.1 Å². The lowest BCUT2D eigenvalue weighted by molar-refractivity contribution is -0.133. The molecule has 5 rings (SSSR count). The molecule has 0 aliphatic carbocycles. The Labute approximate surface area is 233 Å². The Balaban J connectivity index is 1.39. The minimum atomic E-state index is -2.70. The van der Waals surface area contributed by atoms with E-state index in [1.807, 2.05) is 0 Å². The van der Waals surface area contributed by atoms with Crippen molar-refractivity contribution >= 4 is 22.9 Å². The molecule has 3 heterocycles. The van der Waals surface area contributed by atoms with Crippen LogP contribution in [0.15, 0.2) is 67.1 Å². The maximum atomic E-state index is 14.6. The lowest BCUT2D eigenvalue weighted by Gasteiger charge is -2.38. The highest BCUT2D eigenvalue weighted by atomic mass is 19.3. The Morgan fingerprint density at radius 1 is 1.07 bits per heavy atom. The van der Waals surface area contributed by atoms with Gasteiger partial charge in [-0.25, -0.2) is 27.5 Å².